The second-order valence-corrected chi connectivity index (χ2v) is 5.67. The zero-order valence-electron chi connectivity index (χ0n) is 13.5. The lowest BCUT2D eigenvalue weighted by atomic mass is 9.72. The third-order valence-electron chi connectivity index (χ3n) is 3.43. The fourth-order valence-corrected chi connectivity index (χ4v) is 2.43. The van der Waals surface area contributed by atoms with Gasteiger partial charge in [-0.05, 0) is 5.56 Å². The molecule has 0 aliphatic heterocycles. The molecule has 0 aromatic heterocycles. The summed E-state index contributed by atoms with van der Waals surface area (Å²) in [4.78, 5) is 22.9. The topological polar surface area (TPSA) is 58.6 Å². The maximum absolute atomic E-state index is 12.7. The highest BCUT2D eigenvalue weighted by Gasteiger charge is 2.61. The van der Waals surface area contributed by atoms with Crippen molar-refractivity contribution < 1.29 is 23.1 Å². The zero-order valence-corrected chi connectivity index (χ0v) is 13.5. The third kappa shape index (κ3) is 5.28. The lowest BCUT2D eigenvalue weighted by Gasteiger charge is -2.46. The van der Waals surface area contributed by atoms with E-state index in [9.17, 15) is 18.4 Å². The number of rotatable bonds is 5. The number of ether oxygens (including phenoxy) is 1. The molecular formula is C16H22F2N2O3. The maximum Gasteiger partial charge on any atom is 0.253 e. The van der Waals surface area contributed by atoms with E-state index in [-0.39, 0.29) is 6.41 Å². The number of likely N-dealkylation sites (N-methyl/N-ethyl adjacent to an activating group) is 1. The molecule has 1 aliphatic carbocycles. The van der Waals surface area contributed by atoms with E-state index in [0.29, 0.717) is 6.61 Å². The highest BCUT2D eigenvalue weighted by molar-refractivity contribution is 5.89. The molecule has 0 bridgehead atoms. The largest absolute Gasteiger partial charge is 0.380 e. The van der Waals surface area contributed by atoms with Crippen molar-refractivity contribution in [3.05, 3.63) is 35.9 Å². The van der Waals surface area contributed by atoms with E-state index in [1.165, 1.54) is 24.6 Å². The molecule has 23 heavy (non-hydrogen) atoms. The van der Waals surface area contributed by atoms with Gasteiger partial charge in [0.2, 0.25) is 12.3 Å². The first kappa shape index (κ1) is 19.0. The average molecular weight is 328 g/mol. The number of benzene rings is 1. The van der Waals surface area contributed by atoms with Crippen LogP contribution in [0.2, 0.25) is 0 Å². The number of alkyl halides is 2. The quantitative estimate of drug-likeness (QED) is 0.839. The molecule has 1 saturated carbocycles. The zero-order chi connectivity index (χ0) is 17.5. The Morgan fingerprint density at radius 1 is 1.30 bits per heavy atom. The minimum Gasteiger partial charge on any atom is -0.380 e. The first-order chi connectivity index (χ1) is 10.8. The van der Waals surface area contributed by atoms with Crippen molar-refractivity contribution in [1.82, 2.24) is 10.2 Å². The number of amides is 2. The third-order valence-corrected chi connectivity index (χ3v) is 3.43. The summed E-state index contributed by atoms with van der Waals surface area (Å²) in [7, 11) is 4.63. The molecule has 128 valence electrons. The van der Waals surface area contributed by atoms with Crippen molar-refractivity contribution in [2.75, 3.05) is 21.2 Å². The van der Waals surface area contributed by atoms with Crippen LogP contribution in [-0.4, -0.2) is 49.9 Å². The Bertz CT molecular complexity index is 513. The average Bonchev–Trinajstić information content (AvgIpc) is 2.46. The summed E-state index contributed by atoms with van der Waals surface area (Å²) in [6.45, 7) is 0.709. The van der Waals surface area contributed by atoms with E-state index in [1.807, 2.05) is 30.3 Å². The van der Waals surface area contributed by atoms with Crippen LogP contribution in [0.1, 0.15) is 18.4 Å². The Morgan fingerprint density at radius 2 is 1.87 bits per heavy atom. The van der Waals surface area contributed by atoms with E-state index >= 15 is 0 Å². The first-order valence-corrected chi connectivity index (χ1v) is 7.10. The summed E-state index contributed by atoms with van der Waals surface area (Å²) in [6.07, 6.45) is -0.942. The van der Waals surface area contributed by atoms with Crippen LogP contribution in [0.5, 0.6) is 0 Å². The Hall–Kier alpha value is -2.02. The van der Waals surface area contributed by atoms with E-state index in [2.05, 4.69) is 5.32 Å². The molecule has 1 fully saturated rings. The van der Waals surface area contributed by atoms with Crippen LogP contribution in [0.4, 0.5) is 8.78 Å². The second kappa shape index (κ2) is 8.01. The van der Waals surface area contributed by atoms with Crippen molar-refractivity contribution in [2.24, 2.45) is 0 Å². The molecule has 0 radical (unpaired) electrons. The molecule has 0 heterocycles. The van der Waals surface area contributed by atoms with Gasteiger partial charge >= 0.3 is 0 Å². The van der Waals surface area contributed by atoms with Crippen molar-refractivity contribution in [3.8, 4) is 0 Å². The van der Waals surface area contributed by atoms with Gasteiger partial charge in [-0.1, -0.05) is 30.3 Å². The molecule has 0 saturated heterocycles. The van der Waals surface area contributed by atoms with E-state index in [4.69, 9.17) is 4.74 Å². The predicted octanol–water partition coefficient (Wildman–Crippen LogP) is 1.82. The van der Waals surface area contributed by atoms with Crippen LogP contribution < -0.4 is 5.32 Å². The monoisotopic (exact) mass is 328 g/mol. The number of carbonyl (C=O) groups is 2. The highest BCUT2D eigenvalue weighted by Crippen LogP contribution is 2.46. The fourth-order valence-electron chi connectivity index (χ4n) is 2.43. The van der Waals surface area contributed by atoms with Crippen molar-refractivity contribution in [3.63, 3.8) is 0 Å². The van der Waals surface area contributed by atoms with Crippen LogP contribution in [0.25, 0.3) is 0 Å². The molecule has 1 aliphatic rings. The SMILES string of the molecule is CN(C)C(=O)C1(NC=O)CC(F)(F)C1.COCc1ccccc1. The Morgan fingerprint density at radius 3 is 2.26 bits per heavy atom. The van der Waals surface area contributed by atoms with Crippen LogP contribution >= 0.6 is 0 Å². The number of methoxy groups -OCH3 is 1. The molecule has 5 nitrogen and oxygen atoms in total. The van der Waals surface area contributed by atoms with Gasteiger partial charge in [-0.2, -0.15) is 0 Å². The number of hydrogen-bond donors (Lipinski definition) is 1. The molecule has 1 N–H and O–H groups in total. The minimum absolute atomic E-state index is 0.288. The first-order valence-electron chi connectivity index (χ1n) is 7.10. The van der Waals surface area contributed by atoms with Gasteiger partial charge in [0, 0.05) is 34.0 Å². The maximum atomic E-state index is 12.7. The molecule has 2 amide bonds. The molecular weight excluding hydrogens is 306 g/mol. The highest BCUT2D eigenvalue weighted by atomic mass is 19.3. The molecule has 1 aromatic rings. The van der Waals surface area contributed by atoms with Gasteiger partial charge in [-0.15, -0.1) is 0 Å². The van der Waals surface area contributed by atoms with Crippen molar-refractivity contribution >= 4 is 12.3 Å². The smallest absolute Gasteiger partial charge is 0.253 e. The molecule has 7 heteroatoms. The summed E-state index contributed by atoms with van der Waals surface area (Å²) >= 11 is 0. The van der Waals surface area contributed by atoms with Crippen LogP contribution in [0, 0.1) is 0 Å². The minimum atomic E-state index is -2.85. The van der Waals surface area contributed by atoms with Crippen molar-refractivity contribution in [1.29, 1.82) is 0 Å². The van der Waals surface area contributed by atoms with E-state index in [1.54, 1.807) is 7.11 Å². The summed E-state index contributed by atoms with van der Waals surface area (Å²) in [5.41, 5.74) is -0.172. The fraction of sp³-hybridized carbons (Fsp3) is 0.500. The summed E-state index contributed by atoms with van der Waals surface area (Å²) in [5.74, 6) is -3.34. The summed E-state index contributed by atoms with van der Waals surface area (Å²) < 4.78 is 30.2. The summed E-state index contributed by atoms with van der Waals surface area (Å²) in [6, 6.07) is 10.1. The van der Waals surface area contributed by atoms with E-state index < -0.39 is 30.2 Å². The molecule has 0 spiro atoms. The predicted molar refractivity (Wildman–Crippen MR) is 82.0 cm³/mol. The van der Waals surface area contributed by atoms with Crippen LogP contribution in [0.3, 0.4) is 0 Å². The van der Waals surface area contributed by atoms with E-state index in [0.717, 1.165) is 0 Å². The van der Waals surface area contributed by atoms with Gasteiger partial charge in [-0.3, -0.25) is 9.59 Å². The van der Waals surface area contributed by atoms with Gasteiger partial charge in [0.1, 0.15) is 5.54 Å². The van der Waals surface area contributed by atoms with Gasteiger partial charge in [0.25, 0.3) is 5.92 Å². The number of halogens is 2. The Kier molecular flexibility index (Phi) is 6.62. The van der Waals surface area contributed by atoms with Crippen LogP contribution in [-0.2, 0) is 20.9 Å². The molecule has 0 unspecified atom stereocenters. The standard InChI is InChI=1S/C8H12F2N2O2.C8H10O/c1-12(2)6(14)7(11-5-13)3-8(9,10)4-7;1-9-7-8-5-3-2-4-6-8/h5H,3-4H2,1-2H3,(H,11,13);2-6H,7H2,1H3. The Balaban J connectivity index is 0.000000253. The molecule has 1 aromatic carbocycles. The number of carbonyl (C=O) groups excluding carboxylic acids is 2. The van der Waals surface area contributed by atoms with Gasteiger partial charge < -0.3 is 15.0 Å². The molecule has 2 rings (SSSR count). The Labute approximate surface area is 134 Å². The number of nitrogens with zero attached hydrogens (tertiary/aromatic N) is 1. The normalized spacial score (nSPS) is 17.1. The van der Waals surface area contributed by atoms with Crippen molar-refractivity contribution in [2.45, 2.75) is 30.9 Å². The number of hydrogen-bond acceptors (Lipinski definition) is 3. The number of nitrogens with one attached hydrogen (secondary N) is 1. The van der Waals surface area contributed by atoms with Gasteiger partial charge in [-0.25, -0.2) is 8.78 Å². The second-order valence-electron chi connectivity index (χ2n) is 5.67. The molecule has 0 atom stereocenters. The lowest BCUT2D eigenvalue weighted by molar-refractivity contribution is -0.170. The lowest BCUT2D eigenvalue weighted by Crippen LogP contribution is -2.67. The van der Waals surface area contributed by atoms with Gasteiger partial charge in [0.05, 0.1) is 6.61 Å². The van der Waals surface area contributed by atoms with Gasteiger partial charge in [0.15, 0.2) is 0 Å². The summed E-state index contributed by atoms with van der Waals surface area (Å²) in [5, 5.41) is 2.18. The van der Waals surface area contributed by atoms with Crippen LogP contribution in [0.15, 0.2) is 30.3 Å².